The van der Waals surface area contributed by atoms with Gasteiger partial charge < -0.3 is 4.57 Å². The summed E-state index contributed by atoms with van der Waals surface area (Å²) in [5, 5.41) is 0. The van der Waals surface area contributed by atoms with Crippen molar-refractivity contribution in [2.45, 2.75) is 6.92 Å². The Hall–Kier alpha value is -2.27. The first-order valence-electron chi connectivity index (χ1n) is 6.46. The van der Waals surface area contributed by atoms with Crippen molar-refractivity contribution in [2.75, 3.05) is 0 Å². The van der Waals surface area contributed by atoms with E-state index in [4.69, 9.17) is 0 Å². The predicted molar refractivity (Wildman–Crippen MR) is 81.8 cm³/mol. The highest BCUT2D eigenvalue weighted by molar-refractivity contribution is 7.16. The van der Waals surface area contributed by atoms with Crippen LogP contribution in [0.4, 0.5) is 4.39 Å². The summed E-state index contributed by atoms with van der Waals surface area (Å²) < 4.78 is 16.5. The monoisotopic (exact) mass is 300 g/mol. The van der Waals surface area contributed by atoms with Crippen LogP contribution >= 0.6 is 11.3 Å². The highest BCUT2D eigenvalue weighted by Gasteiger charge is 2.11. The van der Waals surface area contributed by atoms with Gasteiger partial charge in [0.2, 0.25) is 0 Å². The van der Waals surface area contributed by atoms with Gasteiger partial charge in [0.25, 0.3) is 5.91 Å². The lowest BCUT2D eigenvalue weighted by molar-refractivity contribution is 0.0994. The fourth-order valence-electron chi connectivity index (χ4n) is 2.13. The molecule has 1 heterocycles. The Morgan fingerprint density at radius 3 is 2.76 bits per heavy atom. The second kappa shape index (κ2) is 5.26. The molecule has 0 unspecified atom stereocenters. The van der Waals surface area contributed by atoms with Crippen molar-refractivity contribution in [3.8, 4) is 0 Å². The van der Waals surface area contributed by atoms with Gasteiger partial charge in [0.15, 0.2) is 4.80 Å². The molecule has 0 aliphatic heterocycles. The predicted octanol–water partition coefficient (Wildman–Crippen LogP) is 3.43. The first-order valence-corrected chi connectivity index (χ1v) is 7.27. The number of aromatic nitrogens is 1. The van der Waals surface area contributed by atoms with E-state index in [0.29, 0.717) is 4.80 Å². The van der Waals surface area contributed by atoms with E-state index in [1.54, 1.807) is 12.1 Å². The SMILES string of the molecule is Cc1ccc2c(c1)sc(=NC(=O)c1ccccc1F)n2C. The van der Waals surface area contributed by atoms with Crippen LogP contribution in [-0.2, 0) is 7.05 Å². The number of nitrogens with zero attached hydrogens (tertiary/aromatic N) is 2. The van der Waals surface area contributed by atoms with Crippen LogP contribution in [0.1, 0.15) is 15.9 Å². The van der Waals surface area contributed by atoms with Crippen LogP contribution in [0.5, 0.6) is 0 Å². The number of hydrogen-bond acceptors (Lipinski definition) is 2. The molecule has 3 aromatic rings. The molecule has 2 aromatic carbocycles. The molecule has 0 bridgehead atoms. The molecule has 0 N–H and O–H groups in total. The number of aryl methyl sites for hydroxylation is 2. The maximum atomic E-state index is 13.6. The van der Waals surface area contributed by atoms with Gasteiger partial charge in [-0.15, -0.1) is 0 Å². The maximum Gasteiger partial charge on any atom is 0.282 e. The average molecular weight is 300 g/mol. The van der Waals surface area contributed by atoms with Crippen LogP contribution in [0.3, 0.4) is 0 Å². The fourth-order valence-corrected chi connectivity index (χ4v) is 3.24. The molecule has 0 fully saturated rings. The van der Waals surface area contributed by atoms with Gasteiger partial charge >= 0.3 is 0 Å². The number of benzene rings is 2. The molecule has 1 amide bonds. The summed E-state index contributed by atoms with van der Waals surface area (Å²) in [6, 6.07) is 11.9. The van der Waals surface area contributed by atoms with E-state index in [1.807, 2.05) is 36.7 Å². The summed E-state index contributed by atoms with van der Waals surface area (Å²) in [4.78, 5) is 16.7. The third-order valence-electron chi connectivity index (χ3n) is 3.27. The number of fused-ring (bicyclic) bond motifs is 1. The summed E-state index contributed by atoms with van der Waals surface area (Å²) in [6.45, 7) is 2.01. The van der Waals surface area contributed by atoms with Gasteiger partial charge in [0.05, 0.1) is 15.8 Å². The molecule has 21 heavy (non-hydrogen) atoms. The number of hydrogen-bond donors (Lipinski definition) is 0. The fraction of sp³-hybridized carbons (Fsp3) is 0.125. The molecule has 0 spiro atoms. The first kappa shape index (κ1) is 13.7. The minimum Gasteiger partial charge on any atom is -0.319 e. The summed E-state index contributed by atoms with van der Waals surface area (Å²) in [7, 11) is 1.85. The number of carbonyl (C=O) groups is 1. The van der Waals surface area contributed by atoms with Crippen molar-refractivity contribution in [3.63, 3.8) is 0 Å². The van der Waals surface area contributed by atoms with E-state index in [0.717, 1.165) is 15.8 Å². The van der Waals surface area contributed by atoms with E-state index >= 15 is 0 Å². The van der Waals surface area contributed by atoms with E-state index in [9.17, 15) is 9.18 Å². The highest BCUT2D eigenvalue weighted by atomic mass is 32.1. The van der Waals surface area contributed by atoms with Crippen molar-refractivity contribution >= 4 is 27.5 Å². The molecular weight excluding hydrogens is 287 g/mol. The Morgan fingerprint density at radius 2 is 2.00 bits per heavy atom. The molecule has 0 aliphatic rings. The number of thiazole rings is 1. The lowest BCUT2D eigenvalue weighted by atomic mass is 10.2. The highest BCUT2D eigenvalue weighted by Crippen LogP contribution is 2.18. The summed E-state index contributed by atoms with van der Waals surface area (Å²) >= 11 is 1.42. The normalized spacial score (nSPS) is 12.0. The maximum absolute atomic E-state index is 13.6. The Balaban J connectivity index is 2.14. The molecule has 0 radical (unpaired) electrons. The lowest BCUT2D eigenvalue weighted by Gasteiger charge is -1.97. The Kier molecular flexibility index (Phi) is 3.43. The molecule has 5 heteroatoms. The molecule has 0 saturated carbocycles. The summed E-state index contributed by atoms with van der Waals surface area (Å²) in [5.74, 6) is -1.11. The van der Waals surface area contributed by atoms with Crippen LogP contribution in [0.2, 0.25) is 0 Å². The molecule has 106 valence electrons. The molecule has 0 saturated heterocycles. The van der Waals surface area contributed by atoms with E-state index < -0.39 is 11.7 Å². The van der Waals surface area contributed by atoms with Crippen LogP contribution in [0, 0.1) is 12.7 Å². The van der Waals surface area contributed by atoms with Crippen LogP contribution in [-0.4, -0.2) is 10.5 Å². The van der Waals surface area contributed by atoms with Crippen LogP contribution < -0.4 is 4.80 Å². The van der Waals surface area contributed by atoms with Crippen LogP contribution in [0.15, 0.2) is 47.5 Å². The minimum atomic E-state index is -0.563. The second-order valence-electron chi connectivity index (χ2n) is 4.81. The number of rotatable bonds is 1. The van der Waals surface area contributed by atoms with Crippen molar-refractivity contribution in [1.82, 2.24) is 4.57 Å². The third kappa shape index (κ3) is 2.52. The topological polar surface area (TPSA) is 34.4 Å². The van der Waals surface area contributed by atoms with Gasteiger partial charge in [0.1, 0.15) is 5.82 Å². The van der Waals surface area contributed by atoms with E-state index in [1.165, 1.54) is 23.5 Å². The van der Waals surface area contributed by atoms with Crippen molar-refractivity contribution in [2.24, 2.45) is 12.0 Å². The van der Waals surface area contributed by atoms with Crippen molar-refractivity contribution in [1.29, 1.82) is 0 Å². The number of amides is 1. The standard InChI is InChI=1S/C16H13FN2OS/c1-10-7-8-13-14(9-10)21-16(19(13)2)18-15(20)11-5-3-4-6-12(11)17/h3-9H,1-2H3. The molecule has 3 nitrogen and oxygen atoms in total. The van der Waals surface area contributed by atoms with Crippen LogP contribution in [0.25, 0.3) is 10.2 Å². The molecule has 0 aliphatic carbocycles. The zero-order valence-corrected chi connectivity index (χ0v) is 12.4. The van der Waals surface area contributed by atoms with Gasteiger partial charge in [-0.05, 0) is 36.8 Å². The zero-order valence-electron chi connectivity index (χ0n) is 11.6. The minimum absolute atomic E-state index is 0.00821. The quantitative estimate of drug-likeness (QED) is 0.678. The molecule has 1 aromatic heterocycles. The van der Waals surface area contributed by atoms with Gasteiger partial charge in [-0.2, -0.15) is 4.99 Å². The van der Waals surface area contributed by atoms with Gasteiger partial charge in [-0.25, -0.2) is 4.39 Å². The number of carbonyl (C=O) groups excluding carboxylic acids is 1. The third-order valence-corrected chi connectivity index (χ3v) is 4.36. The summed E-state index contributed by atoms with van der Waals surface area (Å²) in [6.07, 6.45) is 0. The van der Waals surface area contributed by atoms with Crippen molar-refractivity contribution in [3.05, 3.63) is 64.2 Å². The largest absolute Gasteiger partial charge is 0.319 e. The van der Waals surface area contributed by atoms with E-state index in [2.05, 4.69) is 4.99 Å². The molecule has 3 rings (SSSR count). The Labute approximate surface area is 125 Å². The van der Waals surface area contributed by atoms with Gasteiger partial charge in [-0.1, -0.05) is 29.5 Å². The molecular formula is C16H13FN2OS. The average Bonchev–Trinajstić information content (AvgIpc) is 2.75. The zero-order chi connectivity index (χ0) is 15.0. The lowest BCUT2D eigenvalue weighted by Crippen LogP contribution is -2.13. The second-order valence-corrected chi connectivity index (χ2v) is 5.82. The summed E-state index contributed by atoms with van der Waals surface area (Å²) in [5.41, 5.74) is 2.15. The van der Waals surface area contributed by atoms with E-state index in [-0.39, 0.29) is 5.56 Å². The van der Waals surface area contributed by atoms with Crippen molar-refractivity contribution < 1.29 is 9.18 Å². The van der Waals surface area contributed by atoms with Gasteiger partial charge in [0, 0.05) is 7.05 Å². The Bertz CT molecular complexity index is 908. The smallest absolute Gasteiger partial charge is 0.282 e. The number of halogens is 1. The first-order chi connectivity index (χ1) is 10.1. The molecule has 0 atom stereocenters. The van der Waals surface area contributed by atoms with Gasteiger partial charge in [-0.3, -0.25) is 4.79 Å². The Morgan fingerprint density at radius 1 is 1.24 bits per heavy atom.